The topological polar surface area (TPSA) is 59.3 Å². The van der Waals surface area contributed by atoms with Gasteiger partial charge in [0.1, 0.15) is 5.58 Å². The van der Waals surface area contributed by atoms with Gasteiger partial charge >= 0.3 is 0 Å². The summed E-state index contributed by atoms with van der Waals surface area (Å²) < 4.78 is 6.36. The Morgan fingerprint density at radius 3 is 2.94 bits per heavy atom. The van der Waals surface area contributed by atoms with Gasteiger partial charge in [-0.2, -0.15) is 0 Å². The first-order chi connectivity index (χ1) is 8.66. The number of piperidine rings is 1. The summed E-state index contributed by atoms with van der Waals surface area (Å²) in [5, 5.41) is 3.28. The first-order valence-electron chi connectivity index (χ1n) is 5.66. The Morgan fingerprint density at radius 2 is 2.17 bits per heavy atom. The molecule has 18 heavy (non-hydrogen) atoms. The number of fused-ring (bicyclic) bond motifs is 1. The molecule has 0 radical (unpaired) electrons. The first-order valence-corrected chi connectivity index (χ1v) is 6.45. The normalized spacial score (nSPS) is 20.2. The number of furan rings is 1. The Morgan fingerprint density at radius 1 is 1.33 bits per heavy atom. The van der Waals surface area contributed by atoms with E-state index in [-0.39, 0.29) is 17.7 Å². The lowest BCUT2D eigenvalue weighted by Crippen LogP contribution is -2.39. The minimum absolute atomic E-state index is 0.205. The van der Waals surface area contributed by atoms with E-state index in [1.54, 1.807) is 6.26 Å². The highest BCUT2D eigenvalue weighted by atomic mass is 79.9. The minimum atomic E-state index is -0.317. The van der Waals surface area contributed by atoms with Crippen molar-refractivity contribution in [3.05, 3.63) is 34.5 Å². The Balaban J connectivity index is 2.09. The summed E-state index contributed by atoms with van der Waals surface area (Å²) in [6, 6.07) is 5.65. The van der Waals surface area contributed by atoms with Crippen LogP contribution in [0.3, 0.4) is 0 Å². The fourth-order valence-electron chi connectivity index (χ4n) is 2.32. The molecule has 1 fully saturated rings. The summed E-state index contributed by atoms with van der Waals surface area (Å²) in [7, 11) is 0. The van der Waals surface area contributed by atoms with Crippen LogP contribution in [0.25, 0.3) is 11.0 Å². The SMILES string of the molecule is O=C1CCC(c2coc3cccc(Br)c23)C(=O)N1. The van der Waals surface area contributed by atoms with Gasteiger partial charge in [-0.3, -0.25) is 14.9 Å². The van der Waals surface area contributed by atoms with Gasteiger partial charge in [-0.15, -0.1) is 0 Å². The molecule has 2 aromatic rings. The fourth-order valence-corrected chi connectivity index (χ4v) is 2.89. The maximum absolute atomic E-state index is 11.9. The smallest absolute Gasteiger partial charge is 0.234 e. The van der Waals surface area contributed by atoms with Crippen LogP contribution in [0.2, 0.25) is 0 Å². The number of carbonyl (C=O) groups is 2. The first kappa shape index (κ1) is 11.5. The Labute approximate surface area is 111 Å². The van der Waals surface area contributed by atoms with Gasteiger partial charge in [-0.25, -0.2) is 0 Å². The van der Waals surface area contributed by atoms with Crippen LogP contribution >= 0.6 is 15.9 Å². The Kier molecular flexibility index (Phi) is 2.70. The van der Waals surface area contributed by atoms with Gasteiger partial charge in [0.15, 0.2) is 0 Å². The predicted octanol–water partition coefficient (Wildman–Crippen LogP) is 2.72. The van der Waals surface area contributed by atoms with Gasteiger partial charge < -0.3 is 4.42 Å². The van der Waals surface area contributed by atoms with Crippen molar-refractivity contribution >= 4 is 38.7 Å². The molecule has 1 aromatic carbocycles. The number of imide groups is 1. The van der Waals surface area contributed by atoms with Crippen LogP contribution in [0.4, 0.5) is 0 Å². The van der Waals surface area contributed by atoms with Crippen molar-refractivity contribution in [3.8, 4) is 0 Å². The maximum atomic E-state index is 11.9. The van der Waals surface area contributed by atoms with E-state index in [0.29, 0.717) is 12.8 Å². The maximum Gasteiger partial charge on any atom is 0.234 e. The second-order valence-corrected chi connectivity index (χ2v) is 5.16. The van der Waals surface area contributed by atoms with Gasteiger partial charge in [0.25, 0.3) is 0 Å². The number of rotatable bonds is 1. The molecule has 0 spiro atoms. The average molecular weight is 308 g/mol. The van der Waals surface area contributed by atoms with Crippen LogP contribution in [0.1, 0.15) is 24.3 Å². The summed E-state index contributed by atoms with van der Waals surface area (Å²) in [5.74, 6) is -0.768. The number of hydrogen-bond acceptors (Lipinski definition) is 3. The number of halogens is 1. The molecule has 2 heterocycles. The highest BCUT2D eigenvalue weighted by molar-refractivity contribution is 9.10. The molecule has 2 amide bonds. The molecule has 0 saturated carbocycles. The van der Waals surface area contributed by atoms with Crippen molar-refractivity contribution in [2.75, 3.05) is 0 Å². The minimum Gasteiger partial charge on any atom is -0.464 e. The molecular formula is C13H10BrNO3. The van der Waals surface area contributed by atoms with E-state index in [0.717, 1.165) is 21.0 Å². The number of carbonyl (C=O) groups excluding carboxylic acids is 2. The summed E-state index contributed by atoms with van der Waals surface area (Å²) in [4.78, 5) is 23.0. The third-order valence-corrected chi connectivity index (χ3v) is 3.85. The van der Waals surface area contributed by atoms with E-state index in [4.69, 9.17) is 4.42 Å². The average Bonchev–Trinajstić information content (AvgIpc) is 2.74. The number of amides is 2. The van der Waals surface area contributed by atoms with E-state index in [2.05, 4.69) is 21.2 Å². The van der Waals surface area contributed by atoms with Gasteiger partial charge in [0.05, 0.1) is 12.2 Å². The summed E-state index contributed by atoms with van der Waals surface area (Å²) in [6.45, 7) is 0. The van der Waals surface area contributed by atoms with Gasteiger partial charge in [-0.1, -0.05) is 22.0 Å². The molecule has 1 N–H and O–H groups in total. The molecule has 1 aliphatic rings. The molecule has 1 aromatic heterocycles. The van der Waals surface area contributed by atoms with Crippen LogP contribution in [0.5, 0.6) is 0 Å². The van der Waals surface area contributed by atoms with Crippen molar-refractivity contribution in [2.45, 2.75) is 18.8 Å². The molecular weight excluding hydrogens is 298 g/mol. The standard InChI is InChI=1S/C13H10BrNO3/c14-9-2-1-3-10-12(9)8(6-18-10)7-4-5-11(16)15-13(7)17/h1-3,6-7H,4-5H2,(H,15,16,17). The second-order valence-electron chi connectivity index (χ2n) is 4.31. The van der Waals surface area contributed by atoms with Gasteiger partial charge in [0.2, 0.25) is 11.8 Å². The molecule has 4 nitrogen and oxygen atoms in total. The van der Waals surface area contributed by atoms with Crippen molar-refractivity contribution in [1.29, 1.82) is 0 Å². The number of hydrogen-bond donors (Lipinski definition) is 1. The molecule has 3 rings (SSSR count). The van der Waals surface area contributed by atoms with Crippen LogP contribution in [0, 0.1) is 0 Å². The molecule has 92 valence electrons. The monoisotopic (exact) mass is 307 g/mol. The molecule has 1 aliphatic heterocycles. The largest absolute Gasteiger partial charge is 0.464 e. The second kappa shape index (κ2) is 4.24. The fraction of sp³-hybridized carbons (Fsp3) is 0.231. The summed E-state index contributed by atoms with van der Waals surface area (Å²) >= 11 is 3.47. The van der Waals surface area contributed by atoms with Crippen molar-refractivity contribution in [3.63, 3.8) is 0 Å². The van der Waals surface area contributed by atoms with E-state index >= 15 is 0 Å². The van der Waals surface area contributed by atoms with Crippen molar-refractivity contribution < 1.29 is 14.0 Å². The van der Waals surface area contributed by atoms with Crippen LogP contribution in [-0.4, -0.2) is 11.8 Å². The quantitative estimate of drug-likeness (QED) is 0.824. The Bertz CT molecular complexity index is 647. The van der Waals surface area contributed by atoms with Crippen LogP contribution in [-0.2, 0) is 9.59 Å². The van der Waals surface area contributed by atoms with E-state index in [1.165, 1.54) is 0 Å². The number of benzene rings is 1. The van der Waals surface area contributed by atoms with Crippen molar-refractivity contribution in [2.24, 2.45) is 0 Å². The van der Waals surface area contributed by atoms with Gasteiger partial charge in [-0.05, 0) is 18.6 Å². The van der Waals surface area contributed by atoms with E-state index < -0.39 is 0 Å². The third-order valence-electron chi connectivity index (χ3n) is 3.19. The molecule has 1 unspecified atom stereocenters. The summed E-state index contributed by atoms with van der Waals surface area (Å²) in [5.41, 5.74) is 1.58. The predicted molar refractivity (Wildman–Crippen MR) is 69.0 cm³/mol. The molecule has 1 atom stereocenters. The highest BCUT2D eigenvalue weighted by Crippen LogP contribution is 2.36. The van der Waals surface area contributed by atoms with Crippen LogP contribution < -0.4 is 5.32 Å². The zero-order valence-corrected chi connectivity index (χ0v) is 11.0. The van der Waals surface area contributed by atoms with Gasteiger partial charge in [0, 0.05) is 21.8 Å². The molecule has 0 aliphatic carbocycles. The Hall–Kier alpha value is -1.62. The lowest BCUT2D eigenvalue weighted by Gasteiger charge is -2.20. The zero-order valence-electron chi connectivity index (χ0n) is 9.40. The third kappa shape index (κ3) is 1.75. The van der Waals surface area contributed by atoms with Crippen molar-refractivity contribution in [1.82, 2.24) is 5.32 Å². The van der Waals surface area contributed by atoms with E-state index in [9.17, 15) is 9.59 Å². The van der Waals surface area contributed by atoms with E-state index in [1.807, 2.05) is 18.2 Å². The highest BCUT2D eigenvalue weighted by Gasteiger charge is 2.30. The molecule has 0 bridgehead atoms. The zero-order chi connectivity index (χ0) is 12.7. The number of nitrogens with one attached hydrogen (secondary N) is 1. The molecule has 1 saturated heterocycles. The lowest BCUT2D eigenvalue weighted by molar-refractivity contribution is -0.134. The summed E-state index contributed by atoms with van der Waals surface area (Å²) in [6.07, 6.45) is 2.50. The molecule has 5 heteroatoms. The van der Waals surface area contributed by atoms with Crippen LogP contribution in [0.15, 0.2) is 33.4 Å². The lowest BCUT2D eigenvalue weighted by atomic mass is 9.90.